The van der Waals surface area contributed by atoms with Crippen LogP contribution in [0.1, 0.15) is 34.8 Å². The van der Waals surface area contributed by atoms with E-state index in [0.717, 1.165) is 26.7 Å². The lowest BCUT2D eigenvalue weighted by atomic mass is 10.0. The fourth-order valence-electron chi connectivity index (χ4n) is 1.92. The Bertz CT molecular complexity index is 666. The van der Waals surface area contributed by atoms with Gasteiger partial charge in [0.15, 0.2) is 5.78 Å². The number of aryl methyl sites for hydroxylation is 1. The standard InChI is InChI=1S/C17H16Br2O2/c1-3-8-21-16-7-5-13(10-15(16)19)17(20)12-4-6-14(18)11(2)9-12/h4-7,9-10H,3,8H2,1-2H3. The molecule has 4 heteroatoms. The minimum Gasteiger partial charge on any atom is -0.492 e. The molecule has 0 radical (unpaired) electrons. The summed E-state index contributed by atoms with van der Waals surface area (Å²) >= 11 is 6.90. The molecule has 0 saturated heterocycles. The predicted molar refractivity (Wildman–Crippen MR) is 92.2 cm³/mol. The quantitative estimate of drug-likeness (QED) is 0.603. The molecule has 2 rings (SSSR count). The van der Waals surface area contributed by atoms with Gasteiger partial charge in [0.05, 0.1) is 11.1 Å². The fourth-order valence-corrected chi connectivity index (χ4v) is 2.66. The minimum atomic E-state index is 0.00772. The smallest absolute Gasteiger partial charge is 0.193 e. The zero-order chi connectivity index (χ0) is 15.4. The van der Waals surface area contributed by atoms with E-state index in [0.29, 0.717) is 17.7 Å². The van der Waals surface area contributed by atoms with Crippen LogP contribution in [0.2, 0.25) is 0 Å². The van der Waals surface area contributed by atoms with Gasteiger partial charge in [-0.1, -0.05) is 22.9 Å². The molecular weight excluding hydrogens is 396 g/mol. The molecule has 0 atom stereocenters. The van der Waals surface area contributed by atoms with E-state index in [4.69, 9.17) is 4.74 Å². The molecule has 2 aromatic carbocycles. The highest BCUT2D eigenvalue weighted by molar-refractivity contribution is 9.10. The highest BCUT2D eigenvalue weighted by atomic mass is 79.9. The summed E-state index contributed by atoms with van der Waals surface area (Å²) in [7, 11) is 0. The average Bonchev–Trinajstić information content (AvgIpc) is 2.48. The Morgan fingerprint density at radius 1 is 1.05 bits per heavy atom. The van der Waals surface area contributed by atoms with Gasteiger partial charge in [-0.25, -0.2) is 0 Å². The van der Waals surface area contributed by atoms with Gasteiger partial charge >= 0.3 is 0 Å². The lowest BCUT2D eigenvalue weighted by molar-refractivity contribution is 0.103. The lowest BCUT2D eigenvalue weighted by Crippen LogP contribution is -2.03. The van der Waals surface area contributed by atoms with E-state index in [9.17, 15) is 4.79 Å². The van der Waals surface area contributed by atoms with Crippen molar-refractivity contribution < 1.29 is 9.53 Å². The summed E-state index contributed by atoms with van der Waals surface area (Å²) < 4.78 is 7.40. The summed E-state index contributed by atoms with van der Waals surface area (Å²) in [4.78, 5) is 12.5. The summed E-state index contributed by atoms with van der Waals surface area (Å²) in [5.74, 6) is 0.772. The highest BCUT2D eigenvalue weighted by Gasteiger charge is 2.12. The molecule has 2 aromatic rings. The van der Waals surface area contributed by atoms with Crippen molar-refractivity contribution >= 4 is 37.6 Å². The first-order chi connectivity index (χ1) is 10.0. The molecule has 0 amide bonds. The van der Waals surface area contributed by atoms with Gasteiger partial charge < -0.3 is 4.74 Å². The topological polar surface area (TPSA) is 26.3 Å². The van der Waals surface area contributed by atoms with E-state index in [-0.39, 0.29) is 5.78 Å². The number of ether oxygens (including phenoxy) is 1. The third-order valence-corrected chi connectivity index (χ3v) is 4.59. The van der Waals surface area contributed by atoms with Crippen LogP contribution in [0.25, 0.3) is 0 Å². The summed E-state index contributed by atoms with van der Waals surface area (Å²) in [6, 6.07) is 11.1. The van der Waals surface area contributed by atoms with Gasteiger partial charge in [-0.15, -0.1) is 0 Å². The van der Waals surface area contributed by atoms with Crippen molar-refractivity contribution in [2.75, 3.05) is 6.61 Å². The molecule has 0 bridgehead atoms. The summed E-state index contributed by atoms with van der Waals surface area (Å²) in [6.07, 6.45) is 0.950. The number of carbonyl (C=O) groups excluding carboxylic acids is 1. The maximum absolute atomic E-state index is 12.5. The first kappa shape index (κ1) is 16.2. The zero-order valence-electron chi connectivity index (χ0n) is 12.0. The van der Waals surface area contributed by atoms with Gasteiger partial charge in [0.2, 0.25) is 0 Å². The van der Waals surface area contributed by atoms with Gasteiger partial charge in [0.1, 0.15) is 5.75 Å². The van der Waals surface area contributed by atoms with Crippen LogP contribution in [-0.4, -0.2) is 12.4 Å². The number of hydrogen-bond acceptors (Lipinski definition) is 2. The normalized spacial score (nSPS) is 10.5. The van der Waals surface area contributed by atoms with E-state index >= 15 is 0 Å². The lowest BCUT2D eigenvalue weighted by Gasteiger charge is -2.09. The van der Waals surface area contributed by atoms with Crippen molar-refractivity contribution in [1.82, 2.24) is 0 Å². The Kier molecular flexibility index (Phi) is 5.59. The second-order valence-electron chi connectivity index (χ2n) is 4.79. The van der Waals surface area contributed by atoms with Crippen molar-refractivity contribution in [3.8, 4) is 5.75 Å². The monoisotopic (exact) mass is 410 g/mol. The van der Waals surface area contributed by atoms with Gasteiger partial charge in [0.25, 0.3) is 0 Å². The number of hydrogen-bond donors (Lipinski definition) is 0. The molecule has 0 fully saturated rings. The number of carbonyl (C=O) groups is 1. The van der Waals surface area contributed by atoms with Crippen LogP contribution in [0, 0.1) is 6.92 Å². The van der Waals surface area contributed by atoms with Gasteiger partial charge in [-0.2, -0.15) is 0 Å². The minimum absolute atomic E-state index is 0.00772. The second-order valence-corrected chi connectivity index (χ2v) is 6.50. The number of ketones is 1. The van der Waals surface area contributed by atoms with Crippen molar-refractivity contribution in [1.29, 1.82) is 0 Å². The van der Waals surface area contributed by atoms with Crippen molar-refractivity contribution in [3.63, 3.8) is 0 Å². The van der Waals surface area contributed by atoms with E-state index in [1.807, 2.05) is 37.3 Å². The molecule has 0 heterocycles. The predicted octanol–water partition coefficient (Wildman–Crippen LogP) is 5.54. The van der Waals surface area contributed by atoms with E-state index in [1.54, 1.807) is 6.07 Å². The van der Waals surface area contributed by atoms with Gasteiger partial charge in [-0.05, 0) is 71.2 Å². The molecular formula is C17H16Br2O2. The second kappa shape index (κ2) is 7.23. The van der Waals surface area contributed by atoms with Gasteiger partial charge in [0, 0.05) is 15.6 Å². The average molecular weight is 412 g/mol. The maximum atomic E-state index is 12.5. The molecule has 0 unspecified atom stereocenters. The Hall–Kier alpha value is -1.13. The number of halogens is 2. The Balaban J connectivity index is 2.27. The van der Waals surface area contributed by atoms with Crippen molar-refractivity contribution in [3.05, 3.63) is 62.0 Å². The molecule has 2 nitrogen and oxygen atoms in total. The number of benzene rings is 2. The zero-order valence-corrected chi connectivity index (χ0v) is 15.1. The Morgan fingerprint density at radius 2 is 1.71 bits per heavy atom. The maximum Gasteiger partial charge on any atom is 0.193 e. The van der Waals surface area contributed by atoms with Crippen LogP contribution < -0.4 is 4.74 Å². The van der Waals surface area contributed by atoms with E-state index < -0.39 is 0 Å². The van der Waals surface area contributed by atoms with Crippen LogP contribution >= 0.6 is 31.9 Å². The molecule has 0 N–H and O–H groups in total. The van der Waals surface area contributed by atoms with Crippen LogP contribution in [0.3, 0.4) is 0 Å². The Morgan fingerprint density at radius 3 is 2.33 bits per heavy atom. The summed E-state index contributed by atoms with van der Waals surface area (Å²) in [5, 5.41) is 0. The summed E-state index contributed by atoms with van der Waals surface area (Å²) in [5.41, 5.74) is 2.38. The van der Waals surface area contributed by atoms with Crippen LogP contribution in [-0.2, 0) is 0 Å². The molecule has 0 saturated carbocycles. The molecule has 0 aliphatic carbocycles. The third-order valence-electron chi connectivity index (χ3n) is 3.08. The molecule has 0 aliphatic heterocycles. The first-order valence-electron chi connectivity index (χ1n) is 6.76. The molecule has 21 heavy (non-hydrogen) atoms. The van der Waals surface area contributed by atoms with E-state index in [2.05, 4.69) is 38.8 Å². The molecule has 0 aliphatic rings. The molecule has 0 spiro atoms. The van der Waals surface area contributed by atoms with E-state index in [1.165, 1.54) is 0 Å². The van der Waals surface area contributed by atoms with Crippen LogP contribution in [0.15, 0.2) is 45.3 Å². The first-order valence-corrected chi connectivity index (χ1v) is 8.34. The number of rotatable bonds is 5. The highest BCUT2D eigenvalue weighted by Crippen LogP contribution is 2.27. The van der Waals surface area contributed by atoms with Crippen LogP contribution in [0.4, 0.5) is 0 Å². The SMILES string of the molecule is CCCOc1ccc(C(=O)c2ccc(Br)c(C)c2)cc1Br. The fraction of sp³-hybridized carbons (Fsp3) is 0.235. The van der Waals surface area contributed by atoms with Gasteiger partial charge in [-0.3, -0.25) is 4.79 Å². The Labute approximate surface area is 141 Å². The van der Waals surface area contributed by atoms with Crippen LogP contribution in [0.5, 0.6) is 5.75 Å². The van der Waals surface area contributed by atoms with Crippen molar-refractivity contribution in [2.45, 2.75) is 20.3 Å². The molecule has 0 aromatic heterocycles. The third kappa shape index (κ3) is 3.95. The summed E-state index contributed by atoms with van der Waals surface area (Å²) in [6.45, 7) is 4.69. The van der Waals surface area contributed by atoms with Crippen molar-refractivity contribution in [2.24, 2.45) is 0 Å². The molecule has 110 valence electrons. The largest absolute Gasteiger partial charge is 0.492 e.